The Morgan fingerprint density at radius 3 is 3.08 bits per heavy atom. The lowest BCUT2D eigenvalue weighted by molar-refractivity contribution is -0.118. The van der Waals surface area contributed by atoms with Crippen LogP contribution in [0.3, 0.4) is 0 Å². The molecule has 2 amide bonds. The van der Waals surface area contributed by atoms with Gasteiger partial charge in [0.1, 0.15) is 0 Å². The predicted octanol–water partition coefficient (Wildman–Crippen LogP) is 2.75. The molecule has 2 heterocycles. The number of rotatable bonds is 7. The van der Waals surface area contributed by atoms with Crippen molar-refractivity contribution in [2.24, 2.45) is 0 Å². The second-order valence-electron chi connectivity index (χ2n) is 6.61. The quantitative estimate of drug-likeness (QED) is 0.759. The summed E-state index contributed by atoms with van der Waals surface area (Å²) in [5.74, 6) is -0.167. The Kier molecular flexibility index (Phi) is 6.00. The van der Waals surface area contributed by atoms with Gasteiger partial charge in [0.05, 0.1) is 5.69 Å². The fourth-order valence-corrected chi connectivity index (χ4v) is 4.13. The first-order chi connectivity index (χ1) is 12.6. The molecule has 1 N–H and O–H groups in total. The molecule has 7 heteroatoms. The lowest BCUT2D eigenvalue weighted by atomic mass is 10.1. The average Bonchev–Trinajstić information content (AvgIpc) is 3.02. The van der Waals surface area contributed by atoms with Crippen LogP contribution in [0, 0.1) is 0 Å². The molecule has 0 atom stereocenters. The Balaban J connectivity index is 1.68. The third-order valence-electron chi connectivity index (χ3n) is 4.38. The molecule has 2 aromatic rings. The number of anilines is 1. The molecule has 0 saturated carbocycles. The van der Waals surface area contributed by atoms with Crippen LogP contribution in [0.1, 0.15) is 39.8 Å². The Labute approximate surface area is 157 Å². The molecule has 0 aliphatic carbocycles. The molecular formula is C19H24N4O2S. The molecule has 6 nitrogen and oxygen atoms in total. The Morgan fingerprint density at radius 1 is 1.46 bits per heavy atom. The van der Waals surface area contributed by atoms with E-state index in [2.05, 4.69) is 22.2 Å². The zero-order chi connectivity index (χ0) is 18.5. The predicted molar refractivity (Wildman–Crippen MR) is 103 cm³/mol. The van der Waals surface area contributed by atoms with Crippen LogP contribution in [0.5, 0.6) is 0 Å². The molecule has 1 aromatic carbocycles. The summed E-state index contributed by atoms with van der Waals surface area (Å²) in [6.45, 7) is 5.13. The van der Waals surface area contributed by atoms with Gasteiger partial charge in [-0.3, -0.25) is 14.9 Å². The second-order valence-corrected chi connectivity index (χ2v) is 7.69. The summed E-state index contributed by atoms with van der Waals surface area (Å²) < 4.78 is 0. The molecule has 0 radical (unpaired) electrons. The summed E-state index contributed by atoms with van der Waals surface area (Å²) in [5, 5.41) is 3.57. The number of thiazole rings is 1. The van der Waals surface area contributed by atoms with E-state index < -0.39 is 0 Å². The van der Waals surface area contributed by atoms with E-state index in [9.17, 15) is 9.59 Å². The van der Waals surface area contributed by atoms with Crippen molar-refractivity contribution in [3.63, 3.8) is 0 Å². The molecule has 138 valence electrons. The number of amides is 2. The smallest absolute Gasteiger partial charge is 0.257 e. The van der Waals surface area contributed by atoms with Crippen molar-refractivity contribution < 1.29 is 9.59 Å². The van der Waals surface area contributed by atoms with Gasteiger partial charge in [0.15, 0.2) is 5.13 Å². The highest BCUT2D eigenvalue weighted by Crippen LogP contribution is 2.28. The molecule has 0 saturated heterocycles. The van der Waals surface area contributed by atoms with Gasteiger partial charge in [0.25, 0.3) is 5.91 Å². The van der Waals surface area contributed by atoms with Gasteiger partial charge in [-0.15, -0.1) is 11.3 Å². The Bertz CT molecular complexity index is 790. The third kappa shape index (κ3) is 4.47. The van der Waals surface area contributed by atoms with E-state index in [0.29, 0.717) is 23.8 Å². The molecular weight excluding hydrogens is 348 g/mol. The number of carbonyl (C=O) groups is 2. The second kappa shape index (κ2) is 8.42. The highest BCUT2D eigenvalue weighted by Gasteiger charge is 2.19. The van der Waals surface area contributed by atoms with Crippen LogP contribution in [0.2, 0.25) is 0 Å². The van der Waals surface area contributed by atoms with Gasteiger partial charge in [-0.05, 0) is 31.2 Å². The van der Waals surface area contributed by atoms with E-state index in [1.807, 2.05) is 25.1 Å². The number of nitrogens with one attached hydrogen (secondary N) is 1. The van der Waals surface area contributed by atoms with E-state index in [4.69, 9.17) is 0 Å². The summed E-state index contributed by atoms with van der Waals surface area (Å²) >= 11 is 1.55. The first-order valence-corrected chi connectivity index (χ1v) is 9.67. The number of hydrogen-bond acceptors (Lipinski definition) is 5. The normalized spacial score (nSPS) is 13.9. The largest absolute Gasteiger partial charge is 0.341 e. The molecule has 1 aromatic heterocycles. The van der Waals surface area contributed by atoms with E-state index in [1.54, 1.807) is 22.3 Å². The molecule has 26 heavy (non-hydrogen) atoms. The van der Waals surface area contributed by atoms with Crippen molar-refractivity contribution in [3.05, 3.63) is 46.0 Å². The van der Waals surface area contributed by atoms with Crippen molar-refractivity contribution in [2.45, 2.75) is 32.9 Å². The van der Waals surface area contributed by atoms with Crippen molar-refractivity contribution in [1.29, 1.82) is 0 Å². The average molecular weight is 372 g/mol. The van der Waals surface area contributed by atoms with Gasteiger partial charge in [-0.1, -0.05) is 19.1 Å². The van der Waals surface area contributed by atoms with E-state index in [1.165, 1.54) is 4.88 Å². The van der Waals surface area contributed by atoms with Crippen LogP contribution in [-0.2, 0) is 24.3 Å². The fourth-order valence-electron chi connectivity index (χ4n) is 3.05. The minimum Gasteiger partial charge on any atom is -0.341 e. The number of aromatic nitrogens is 1. The van der Waals surface area contributed by atoms with Crippen LogP contribution in [0.15, 0.2) is 24.3 Å². The highest BCUT2D eigenvalue weighted by atomic mass is 32.1. The maximum Gasteiger partial charge on any atom is 0.257 e. The van der Waals surface area contributed by atoms with Gasteiger partial charge < -0.3 is 9.80 Å². The van der Waals surface area contributed by atoms with E-state index >= 15 is 0 Å². The van der Waals surface area contributed by atoms with E-state index in [0.717, 1.165) is 43.6 Å². The molecule has 1 aliphatic heterocycles. The summed E-state index contributed by atoms with van der Waals surface area (Å²) in [6, 6.07) is 7.40. The van der Waals surface area contributed by atoms with Crippen LogP contribution in [-0.4, -0.2) is 47.2 Å². The van der Waals surface area contributed by atoms with Crippen LogP contribution in [0.4, 0.5) is 5.13 Å². The zero-order valence-electron chi connectivity index (χ0n) is 15.2. The topological polar surface area (TPSA) is 65.5 Å². The van der Waals surface area contributed by atoms with Crippen molar-refractivity contribution in [2.75, 3.05) is 25.5 Å². The van der Waals surface area contributed by atoms with Gasteiger partial charge in [-0.25, -0.2) is 4.98 Å². The standard InChI is InChI=1S/C19H24N4O2S/c1-3-8-23(13-24)11-14-5-4-6-15(10-14)18(25)21-19-20-16-7-9-22(2)12-17(16)26-19/h4-6,10,13H,3,7-9,11-12H2,1-2H3,(H,20,21,25). The molecule has 0 unspecified atom stereocenters. The van der Waals surface area contributed by atoms with Crippen LogP contribution in [0.25, 0.3) is 0 Å². The third-order valence-corrected chi connectivity index (χ3v) is 5.38. The van der Waals surface area contributed by atoms with Crippen molar-refractivity contribution >= 4 is 28.8 Å². The lowest BCUT2D eigenvalue weighted by Gasteiger charge is -2.20. The SMILES string of the molecule is CCCN(C=O)Cc1cccc(C(=O)Nc2nc3c(s2)CN(C)CC3)c1. The van der Waals surface area contributed by atoms with E-state index in [-0.39, 0.29) is 5.91 Å². The van der Waals surface area contributed by atoms with Crippen molar-refractivity contribution in [1.82, 2.24) is 14.8 Å². The lowest BCUT2D eigenvalue weighted by Crippen LogP contribution is -2.25. The zero-order valence-corrected chi connectivity index (χ0v) is 16.0. The monoisotopic (exact) mass is 372 g/mol. The number of carbonyl (C=O) groups excluding carboxylic acids is 2. The molecule has 0 bridgehead atoms. The Hall–Kier alpha value is -2.25. The first-order valence-electron chi connectivity index (χ1n) is 8.85. The fraction of sp³-hybridized carbons (Fsp3) is 0.421. The number of nitrogens with zero attached hydrogens (tertiary/aromatic N) is 3. The summed E-state index contributed by atoms with van der Waals surface area (Å²) in [4.78, 5) is 33.5. The van der Waals surface area contributed by atoms with Gasteiger partial charge in [-0.2, -0.15) is 0 Å². The number of fused-ring (bicyclic) bond motifs is 1. The van der Waals surface area contributed by atoms with Crippen LogP contribution >= 0.6 is 11.3 Å². The summed E-state index contributed by atoms with van der Waals surface area (Å²) in [5.41, 5.74) is 2.62. The van der Waals surface area contributed by atoms with Crippen molar-refractivity contribution in [3.8, 4) is 0 Å². The molecule has 0 fully saturated rings. The highest BCUT2D eigenvalue weighted by molar-refractivity contribution is 7.15. The molecule has 3 rings (SSSR count). The molecule has 1 aliphatic rings. The Morgan fingerprint density at radius 2 is 2.31 bits per heavy atom. The number of benzene rings is 1. The van der Waals surface area contributed by atoms with Gasteiger partial charge in [0.2, 0.25) is 6.41 Å². The first kappa shape index (κ1) is 18.5. The van der Waals surface area contributed by atoms with Gasteiger partial charge in [0, 0.05) is 43.0 Å². The summed E-state index contributed by atoms with van der Waals surface area (Å²) in [6.07, 6.45) is 2.68. The van der Waals surface area contributed by atoms with Crippen LogP contribution < -0.4 is 5.32 Å². The number of hydrogen-bond donors (Lipinski definition) is 1. The molecule has 0 spiro atoms. The minimum absolute atomic E-state index is 0.167. The maximum atomic E-state index is 12.6. The van der Waals surface area contributed by atoms with Gasteiger partial charge >= 0.3 is 0 Å². The minimum atomic E-state index is -0.167. The maximum absolute atomic E-state index is 12.6. The summed E-state index contributed by atoms with van der Waals surface area (Å²) in [7, 11) is 2.09. The number of likely N-dealkylation sites (N-methyl/N-ethyl adjacent to an activating group) is 1.